The predicted octanol–water partition coefficient (Wildman–Crippen LogP) is 5.49. The third kappa shape index (κ3) is 3.45. The van der Waals surface area contributed by atoms with Crippen LogP contribution in [-0.4, -0.2) is 0 Å². The van der Waals surface area contributed by atoms with Crippen molar-refractivity contribution >= 4 is 26.2 Å². The van der Waals surface area contributed by atoms with Gasteiger partial charge in [0.2, 0.25) is 0 Å². The molecule has 18 heavy (non-hydrogen) atoms. The fourth-order valence-corrected chi connectivity index (χ4v) is 2.92. The van der Waals surface area contributed by atoms with E-state index in [0.717, 1.165) is 12.8 Å². The molecule has 0 atom stereocenters. The summed E-state index contributed by atoms with van der Waals surface area (Å²) in [5, 5.41) is 0. The van der Waals surface area contributed by atoms with Crippen LogP contribution < -0.4 is 0 Å². The summed E-state index contributed by atoms with van der Waals surface area (Å²) in [5.41, 5.74) is 4.22. The lowest BCUT2D eigenvalue weighted by Crippen LogP contribution is -1.92. The molecule has 0 fully saturated rings. The summed E-state index contributed by atoms with van der Waals surface area (Å²) in [4.78, 5) is 0. The molecule has 0 aromatic heterocycles. The van der Waals surface area contributed by atoms with Gasteiger partial charge in [-0.3, -0.25) is 0 Å². The fourth-order valence-electron chi connectivity index (χ4n) is 1.99. The van der Waals surface area contributed by atoms with Gasteiger partial charge >= 0.3 is 0 Å². The van der Waals surface area contributed by atoms with Gasteiger partial charge in [-0.2, -0.15) is 0 Å². The quantitative estimate of drug-likeness (QED) is 0.642. The zero-order chi connectivity index (χ0) is 12.8. The van der Waals surface area contributed by atoms with Gasteiger partial charge in [0.05, 0.1) is 0 Å². The molecule has 0 saturated carbocycles. The Labute approximate surface area is 123 Å². The summed E-state index contributed by atoms with van der Waals surface area (Å²) in [6.45, 7) is 2.24. The van der Waals surface area contributed by atoms with Gasteiger partial charge in [0.1, 0.15) is 0 Å². The highest BCUT2D eigenvalue weighted by Gasteiger charge is 2.05. The van der Waals surface area contributed by atoms with E-state index in [1.165, 1.54) is 20.3 Å². The lowest BCUT2D eigenvalue weighted by molar-refractivity contribution is 1.02. The smallest absolute Gasteiger partial charge is 0.0198 e. The number of rotatable bonds is 4. The molecule has 0 saturated heterocycles. The highest BCUT2D eigenvalue weighted by Crippen LogP contribution is 2.29. The van der Waals surface area contributed by atoms with E-state index in [9.17, 15) is 0 Å². The maximum atomic E-state index is 2.48. The zero-order valence-electron chi connectivity index (χ0n) is 10.6. The van der Waals surface area contributed by atoms with Crippen LogP contribution in [0.4, 0.5) is 0 Å². The Hall–Kier alpha value is -1.09. The number of halogens is 1. The summed E-state index contributed by atoms with van der Waals surface area (Å²) in [7, 11) is 0. The maximum absolute atomic E-state index is 2.48. The number of benzene rings is 2. The number of hydrogen-bond donors (Lipinski definition) is 0. The Kier molecular flexibility index (Phi) is 5.00. The minimum atomic E-state index is 1.05. The van der Waals surface area contributed by atoms with Gasteiger partial charge < -0.3 is 0 Å². The first kappa shape index (κ1) is 13.3. The molecular weight excluding hydrogens is 331 g/mol. The van der Waals surface area contributed by atoms with E-state index in [2.05, 4.69) is 90.2 Å². The van der Waals surface area contributed by atoms with E-state index in [1.807, 2.05) is 0 Å². The van der Waals surface area contributed by atoms with Gasteiger partial charge in [-0.1, -0.05) is 73.2 Å². The topological polar surface area (TPSA) is 0 Å². The van der Waals surface area contributed by atoms with Crippen LogP contribution in [0.1, 0.15) is 24.5 Å². The van der Waals surface area contributed by atoms with Gasteiger partial charge in [0.15, 0.2) is 0 Å². The SMILES string of the molecule is CC/C(Cc1ccccc1)=C(/I)c1ccccc1. The molecular formula is C17H17I. The van der Waals surface area contributed by atoms with Crippen LogP contribution in [0, 0.1) is 0 Å². The molecule has 0 unspecified atom stereocenters. The second kappa shape index (κ2) is 6.74. The lowest BCUT2D eigenvalue weighted by Gasteiger charge is -2.10. The van der Waals surface area contributed by atoms with Crippen molar-refractivity contribution in [3.8, 4) is 0 Å². The van der Waals surface area contributed by atoms with Crippen molar-refractivity contribution in [2.24, 2.45) is 0 Å². The zero-order valence-corrected chi connectivity index (χ0v) is 12.7. The molecule has 0 nitrogen and oxygen atoms in total. The summed E-state index contributed by atoms with van der Waals surface area (Å²) < 4.78 is 1.39. The van der Waals surface area contributed by atoms with Crippen LogP contribution >= 0.6 is 22.6 Å². The Balaban J connectivity index is 2.28. The highest BCUT2D eigenvalue weighted by molar-refractivity contribution is 14.1. The van der Waals surface area contributed by atoms with Crippen LogP contribution in [0.25, 0.3) is 3.58 Å². The average Bonchev–Trinajstić information content (AvgIpc) is 2.46. The first-order chi connectivity index (χ1) is 8.81. The number of allylic oxidation sites excluding steroid dienone is 1. The minimum Gasteiger partial charge on any atom is -0.0622 e. The summed E-state index contributed by atoms with van der Waals surface area (Å²) >= 11 is 2.48. The molecule has 0 aliphatic heterocycles. The third-order valence-corrected chi connectivity index (χ3v) is 4.41. The molecule has 0 radical (unpaired) electrons. The Bertz CT molecular complexity index is 512. The van der Waals surface area contributed by atoms with E-state index >= 15 is 0 Å². The Morgan fingerprint density at radius 2 is 1.44 bits per heavy atom. The van der Waals surface area contributed by atoms with Crippen molar-refractivity contribution in [3.05, 3.63) is 77.4 Å². The van der Waals surface area contributed by atoms with E-state index < -0.39 is 0 Å². The van der Waals surface area contributed by atoms with Crippen LogP contribution in [-0.2, 0) is 6.42 Å². The normalized spacial score (nSPS) is 12.1. The Morgan fingerprint density at radius 1 is 0.889 bits per heavy atom. The molecule has 2 aromatic rings. The van der Waals surface area contributed by atoms with Gasteiger partial charge in [-0.15, -0.1) is 0 Å². The largest absolute Gasteiger partial charge is 0.0622 e. The van der Waals surface area contributed by atoms with Gasteiger partial charge in [-0.25, -0.2) is 0 Å². The summed E-state index contributed by atoms with van der Waals surface area (Å²) in [6.07, 6.45) is 2.15. The maximum Gasteiger partial charge on any atom is 0.0198 e. The molecule has 0 spiro atoms. The first-order valence-corrected chi connectivity index (χ1v) is 7.36. The minimum absolute atomic E-state index is 1.05. The van der Waals surface area contributed by atoms with E-state index in [1.54, 1.807) is 0 Å². The van der Waals surface area contributed by atoms with Crippen LogP contribution in [0.2, 0.25) is 0 Å². The summed E-state index contributed by atoms with van der Waals surface area (Å²) in [6, 6.07) is 21.3. The molecule has 0 aliphatic carbocycles. The molecule has 2 aromatic carbocycles. The monoisotopic (exact) mass is 348 g/mol. The van der Waals surface area contributed by atoms with E-state index in [-0.39, 0.29) is 0 Å². The highest BCUT2D eigenvalue weighted by atomic mass is 127. The number of hydrogen-bond acceptors (Lipinski definition) is 0. The molecule has 0 N–H and O–H groups in total. The second-order valence-corrected chi connectivity index (χ2v) is 5.38. The van der Waals surface area contributed by atoms with Crippen molar-refractivity contribution < 1.29 is 0 Å². The summed E-state index contributed by atoms with van der Waals surface area (Å²) in [5.74, 6) is 0. The first-order valence-electron chi connectivity index (χ1n) is 6.28. The van der Waals surface area contributed by atoms with E-state index in [0.29, 0.717) is 0 Å². The van der Waals surface area contributed by atoms with Crippen LogP contribution in [0.15, 0.2) is 66.2 Å². The molecule has 1 heteroatoms. The molecule has 92 valence electrons. The van der Waals surface area contributed by atoms with E-state index in [4.69, 9.17) is 0 Å². The average molecular weight is 348 g/mol. The van der Waals surface area contributed by atoms with Crippen LogP contribution in [0.3, 0.4) is 0 Å². The van der Waals surface area contributed by atoms with Crippen LogP contribution in [0.5, 0.6) is 0 Å². The fraction of sp³-hybridized carbons (Fsp3) is 0.176. The molecule has 2 rings (SSSR count). The van der Waals surface area contributed by atoms with Gasteiger partial charge in [-0.05, 0) is 46.6 Å². The molecule has 0 heterocycles. The predicted molar refractivity (Wildman–Crippen MR) is 87.8 cm³/mol. The lowest BCUT2D eigenvalue weighted by atomic mass is 10.0. The van der Waals surface area contributed by atoms with Gasteiger partial charge in [0, 0.05) is 3.58 Å². The van der Waals surface area contributed by atoms with Crippen molar-refractivity contribution in [2.75, 3.05) is 0 Å². The molecule has 0 aliphatic rings. The van der Waals surface area contributed by atoms with Gasteiger partial charge in [0.25, 0.3) is 0 Å². The van der Waals surface area contributed by atoms with Crippen molar-refractivity contribution in [1.82, 2.24) is 0 Å². The molecule has 0 bridgehead atoms. The van der Waals surface area contributed by atoms with Crippen molar-refractivity contribution in [2.45, 2.75) is 19.8 Å². The van der Waals surface area contributed by atoms with Crippen molar-refractivity contribution in [1.29, 1.82) is 0 Å². The molecule has 0 amide bonds. The van der Waals surface area contributed by atoms with Crippen molar-refractivity contribution in [3.63, 3.8) is 0 Å². The Morgan fingerprint density at radius 3 is 2.00 bits per heavy atom. The second-order valence-electron chi connectivity index (χ2n) is 4.30. The standard InChI is InChI=1S/C17H17I/c1-2-15(13-14-9-5-3-6-10-14)17(18)16-11-7-4-8-12-16/h3-12H,2,13H2,1H3/b17-15-. The third-order valence-electron chi connectivity index (χ3n) is 3.02.